The molecule has 0 radical (unpaired) electrons. The first-order valence-corrected chi connectivity index (χ1v) is 9.33. The van der Waals surface area contributed by atoms with Crippen molar-refractivity contribution >= 4 is 27.7 Å². The van der Waals surface area contributed by atoms with Crippen molar-refractivity contribution in [1.29, 1.82) is 0 Å². The Morgan fingerprint density at radius 3 is 2.65 bits per heavy atom. The van der Waals surface area contributed by atoms with Crippen molar-refractivity contribution in [3.05, 3.63) is 58.6 Å². The topological polar surface area (TPSA) is 27.7 Å². The Bertz CT molecular complexity index is 615. The molecular weight excluding hydrogens is 376 g/mol. The zero-order valence-corrected chi connectivity index (χ0v) is 15.1. The summed E-state index contributed by atoms with van der Waals surface area (Å²) in [6.45, 7) is 2.53. The van der Waals surface area contributed by atoms with E-state index in [1.807, 2.05) is 30.3 Å². The average Bonchev–Trinajstić information content (AvgIpc) is 2.61. The standard InChI is InChI=1S/C18H19BrO3S/c19-16-6-7-17(22-11-14-4-2-1-3-5-14)18(8-16)23-12-15-9-20-13-21-10-15/h1-8,15H,9-13H2. The fourth-order valence-corrected chi connectivity index (χ4v) is 3.89. The predicted molar refractivity (Wildman–Crippen MR) is 95.9 cm³/mol. The summed E-state index contributed by atoms with van der Waals surface area (Å²) in [5.74, 6) is 2.30. The first-order valence-electron chi connectivity index (χ1n) is 7.56. The molecule has 0 amide bonds. The zero-order valence-electron chi connectivity index (χ0n) is 12.7. The second-order valence-corrected chi connectivity index (χ2v) is 7.38. The second-order valence-electron chi connectivity index (χ2n) is 5.40. The van der Waals surface area contributed by atoms with Gasteiger partial charge < -0.3 is 14.2 Å². The van der Waals surface area contributed by atoms with Gasteiger partial charge >= 0.3 is 0 Å². The number of ether oxygens (including phenoxy) is 3. The summed E-state index contributed by atoms with van der Waals surface area (Å²) >= 11 is 5.33. The molecule has 3 rings (SSSR count). The smallest absolute Gasteiger partial charge is 0.146 e. The van der Waals surface area contributed by atoms with E-state index < -0.39 is 0 Å². The maximum atomic E-state index is 6.01. The van der Waals surface area contributed by atoms with Crippen molar-refractivity contribution < 1.29 is 14.2 Å². The van der Waals surface area contributed by atoms with Crippen molar-refractivity contribution in [2.45, 2.75) is 11.5 Å². The molecule has 0 spiro atoms. The number of benzene rings is 2. The first kappa shape index (κ1) is 16.8. The van der Waals surface area contributed by atoms with E-state index in [1.165, 1.54) is 5.56 Å². The minimum Gasteiger partial charge on any atom is -0.488 e. The molecule has 0 aromatic heterocycles. The van der Waals surface area contributed by atoms with E-state index in [9.17, 15) is 0 Å². The van der Waals surface area contributed by atoms with Crippen LogP contribution in [0.1, 0.15) is 5.56 Å². The highest BCUT2D eigenvalue weighted by molar-refractivity contribution is 9.10. The highest BCUT2D eigenvalue weighted by atomic mass is 79.9. The zero-order chi connectivity index (χ0) is 15.9. The second kappa shape index (κ2) is 8.73. The maximum absolute atomic E-state index is 6.01. The van der Waals surface area contributed by atoms with E-state index in [0.29, 0.717) is 19.3 Å². The normalized spacial score (nSPS) is 15.5. The van der Waals surface area contributed by atoms with Gasteiger partial charge in [0, 0.05) is 16.1 Å². The van der Waals surface area contributed by atoms with E-state index in [1.54, 1.807) is 11.8 Å². The summed E-state index contributed by atoms with van der Waals surface area (Å²) in [4.78, 5) is 1.14. The van der Waals surface area contributed by atoms with Gasteiger partial charge in [0.05, 0.1) is 18.1 Å². The lowest BCUT2D eigenvalue weighted by Gasteiger charge is -2.22. The molecule has 0 aliphatic carbocycles. The van der Waals surface area contributed by atoms with Crippen LogP contribution in [0, 0.1) is 5.92 Å². The van der Waals surface area contributed by atoms with Gasteiger partial charge in [0.15, 0.2) is 0 Å². The van der Waals surface area contributed by atoms with Crippen LogP contribution >= 0.6 is 27.7 Å². The molecule has 0 bridgehead atoms. The fraction of sp³-hybridized carbons (Fsp3) is 0.333. The van der Waals surface area contributed by atoms with Crippen molar-refractivity contribution in [2.75, 3.05) is 25.8 Å². The molecule has 122 valence electrons. The lowest BCUT2D eigenvalue weighted by Crippen LogP contribution is -2.25. The Morgan fingerprint density at radius 1 is 1.09 bits per heavy atom. The van der Waals surface area contributed by atoms with Crippen LogP contribution in [0.25, 0.3) is 0 Å². The summed E-state index contributed by atoms with van der Waals surface area (Å²) < 4.78 is 17.8. The van der Waals surface area contributed by atoms with Crippen LogP contribution < -0.4 is 4.74 Å². The molecule has 1 saturated heterocycles. The highest BCUT2D eigenvalue weighted by Gasteiger charge is 2.16. The highest BCUT2D eigenvalue weighted by Crippen LogP contribution is 2.34. The van der Waals surface area contributed by atoms with E-state index in [0.717, 1.165) is 34.1 Å². The minimum atomic E-state index is 0.420. The largest absolute Gasteiger partial charge is 0.488 e. The van der Waals surface area contributed by atoms with Crippen molar-refractivity contribution in [2.24, 2.45) is 5.92 Å². The third-order valence-electron chi connectivity index (χ3n) is 3.49. The molecule has 2 aromatic carbocycles. The van der Waals surface area contributed by atoms with E-state index in [2.05, 4.69) is 34.1 Å². The third kappa shape index (κ3) is 5.24. The Hall–Kier alpha value is -1.01. The molecular formula is C18H19BrO3S. The molecule has 23 heavy (non-hydrogen) atoms. The van der Waals surface area contributed by atoms with Gasteiger partial charge in [-0.25, -0.2) is 0 Å². The van der Waals surface area contributed by atoms with Crippen molar-refractivity contribution in [3.63, 3.8) is 0 Å². The monoisotopic (exact) mass is 394 g/mol. The summed E-state index contributed by atoms with van der Waals surface area (Å²) in [6.07, 6.45) is 0. The van der Waals surface area contributed by atoms with E-state index >= 15 is 0 Å². The van der Waals surface area contributed by atoms with Gasteiger partial charge in [-0.15, -0.1) is 11.8 Å². The number of hydrogen-bond donors (Lipinski definition) is 0. The molecule has 0 N–H and O–H groups in total. The van der Waals surface area contributed by atoms with Crippen LogP contribution in [0.2, 0.25) is 0 Å². The van der Waals surface area contributed by atoms with Gasteiger partial charge in [0.1, 0.15) is 19.1 Å². The van der Waals surface area contributed by atoms with Crippen LogP contribution in [-0.2, 0) is 16.1 Å². The van der Waals surface area contributed by atoms with Gasteiger partial charge in [0.2, 0.25) is 0 Å². The van der Waals surface area contributed by atoms with Crippen LogP contribution in [0.3, 0.4) is 0 Å². The number of halogens is 1. The van der Waals surface area contributed by atoms with Gasteiger partial charge in [-0.3, -0.25) is 0 Å². The summed E-state index contributed by atoms with van der Waals surface area (Å²) in [6, 6.07) is 16.3. The molecule has 1 aliphatic rings. The lowest BCUT2D eigenvalue weighted by molar-refractivity contribution is -0.120. The molecule has 1 heterocycles. The van der Waals surface area contributed by atoms with Gasteiger partial charge in [0.25, 0.3) is 0 Å². The fourth-order valence-electron chi connectivity index (χ4n) is 2.29. The molecule has 0 unspecified atom stereocenters. The van der Waals surface area contributed by atoms with Crippen LogP contribution in [0.5, 0.6) is 5.75 Å². The van der Waals surface area contributed by atoms with Gasteiger partial charge in [-0.05, 0) is 23.8 Å². The van der Waals surface area contributed by atoms with Crippen LogP contribution in [0.4, 0.5) is 0 Å². The Kier molecular flexibility index (Phi) is 6.39. The first-order chi connectivity index (χ1) is 11.3. The van der Waals surface area contributed by atoms with Crippen molar-refractivity contribution in [1.82, 2.24) is 0 Å². The predicted octanol–water partition coefficient (Wildman–Crippen LogP) is 4.74. The summed E-state index contributed by atoms with van der Waals surface area (Å²) in [5, 5.41) is 0. The Morgan fingerprint density at radius 2 is 1.87 bits per heavy atom. The minimum absolute atomic E-state index is 0.420. The molecule has 1 aliphatic heterocycles. The quantitative estimate of drug-likeness (QED) is 0.661. The molecule has 1 fully saturated rings. The average molecular weight is 395 g/mol. The number of hydrogen-bond acceptors (Lipinski definition) is 4. The molecule has 3 nitrogen and oxygen atoms in total. The van der Waals surface area contributed by atoms with Crippen LogP contribution in [0.15, 0.2) is 57.9 Å². The lowest BCUT2D eigenvalue weighted by atomic mass is 10.2. The number of rotatable bonds is 6. The van der Waals surface area contributed by atoms with Crippen LogP contribution in [-0.4, -0.2) is 25.8 Å². The molecule has 0 atom stereocenters. The summed E-state index contributed by atoms with van der Waals surface area (Å²) in [7, 11) is 0. The number of thioether (sulfide) groups is 1. The summed E-state index contributed by atoms with van der Waals surface area (Å²) in [5.41, 5.74) is 1.17. The third-order valence-corrected chi connectivity index (χ3v) is 5.25. The van der Waals surface area contributed by atoms with Gasteiger partial charge in [-0.1, -0.05) is 46.3 Å². The Balaban J connectivity index is 1.62. The van der Waals surface area contributed by atoms with E-state index in [-0.39, 0.29) is 0 Å². The Labute approximate surface area is 149 Å². The maximum Gasteiger partial charge on any atom is 0.146 e. The van der Waals surface area contributed by atoms with E-state index in [4.69, 9.17) is 14.2 Å². The van der Waals surface area contributed by atoms with Gasteiger partial charge in [-0.2, -0.15) is 0 Å². The van der Waals surface area contributed by atoms with Crippen molar-refractivity contribution in [3.8, 4) is 5.75 Å². The molecule has 2 aromatic rings. The SMILES string of the molecule is Brc1ccc(OCc2ccccc2)c(SCC2COCOC2)c1. The molecule has 0 saturated carbocycles. The molecule has 5 heteroatoms.